The van der Waals surface area contributed by atoms with Crippen molar-refractivity contribution in [3.05, 3.63) is 24.0 Å². The molecule has 1 amide bonds. The maximum Gasteiger partial charge on any atom is 0.237 e. The van der Waals surface area contributed by atoms with E-state index in [2.05, 4.69) is 4.98 Å². The van der Waals surface area contributed by atoms with E-state index >= 15 is 0 Å². The summed E-state index contributed by atoms with van der Waals surface area (Å²) in [7, 11) is 0. The number of hydrogen-bond donors (Lipinski definition) is 0. The molecule has 2 rings (SSSR count). The van der Waals surface area contributed by atoms with Crippen LogP contribution < -0.4 is 4.74 Å². The van der Waals surface area contributed by atoms with Crippen molar-refractivity contribution in [1.29, 1.82) is 0 Å². The molecule has 0 spiro atoms. The average molecular weight is 227 g/mol. The number of hydrogen-bond acceptors (Lipinski definition) is 3. The van der Waals surface area contributed by atoms with Gasteiger partial charge in [-0.3, -0.25) is 9.78 Å². The van der Waals surface area contributed by atoms with E-state index in [1.165, 1.54) is 0 Å². The Hall–Kier alpha value is -1.29. The van der Waals surface area contributed by atoms with Crippen molar-refractivity contribution >= 4 is 17.5 Å². The maximum absolute atomic E-state index is 11.4. The Morgan fingerprint density at radius 2 is 2.53 bits per heavy atom. The summed E-state index contributed by atoms with van der Waals surface area (Å²) in [6.07, 6.45) is 1.69. The largest absolute Gasteiger partial charge is 0.490 e. The third-order valence-corrected chi connectivity index (χ3v) is 2.50. The molecule has 0 aliphatic carbocycles. The lowest BCUT2D eigenvalue weighted by Crippen LogP contribution is -2.33. The molecule has 0 radical (unpaired) electrons. The first-order chi connectivity index (χ1) is 7.31. The molecule has 0 saturated carbocycles. The highest BCUT2D eigenvalue weighted by atomic mass is 35.5. The second-order valence-electron chi connectivity index (χ2n) is 3.25. The van der Waals surface area contributed by atoms with Crippen molar-refractivity contribution < 1.29 is 9.53 Å². The summed E-state index contributed by atoms with van der Waals surface area (Å²) < 4.78 is 5.47. The second kappa shape index (κ2) is 4.49. The maximum atomic E-state index is 11.4. The number of carbonyl (C=O) groups excluding carboxylic acids is 1. The van der Waals surface area contributed by atoms with Gasteiger partial charge in [0.25, 0.3) is 0 Å². The van der Waals surface area contributed by atoms with E-state index in [9.17, 15) is 4.79 Å². The van der Waals surface area contributed by atoms with Crippen LogP contribution in [0.1, 0.15) is 5.69 Å². The molecule has 0 aromatic carbocycles. The summed E-state index contributed by atoms with van der Waals surface area (Å²) in [4.78, 5) is 17.3. The molecule has 80 valence electrons. The van der Waals surface area contributed by atoms with E-state index in [1.807, 2.05) is 12.1 Å². The number of rotatable bonds is 1. The van der Waals surface area contributed by atoms with E-state index in [0.717, 1.165) is 11.4 Å². The van der Waals surface area contributed by atoms with Crippen molar-refractivity contribution in [1.82, 2.24) is 9.88 Å². The SMILES string of the molecule is O=C(CCl)N1CCOc2cccnc2C1. The van der Waals surface area contributed by atoms with Gasteiger partial charge in [0.2, 0.25) is 5.91 Å². The van der Waals surface area contributed by atoms with Crippen LogP contribution >= 0.6 is 11.6 Å². The number of pyridine rings is 1. The van der Waals surface area contributed by atoms with Crippen LogP contribution in [-0.4, -0.2) is 34.8 Å². The first-order valence-electron chi connectivity index (χ1n) is 4.71. The predicted octanol–water partition coefficient (Wildman–Crippen LogP) is 1.04. The zero-order chi connectivity index (χ0) is 10.7. The van der Waals surface area contributed by atoms with Crippen molar-refractivity contribution in [3.63, 3.8) is 0 Å². The lowest BCUT2D eigenvalue weighted by Gasteiger charge is -2.17. The first kappa shape index (κ1) is 10.2. The fourth-order valence-corrected chi connectivity index (χ4v) is 1.67. The number of aromatic nitrogens is 1. The fraction of sp³-hybridized carbons (Fsp3) is 0.400. The predicted molar refractivity (Wildman–Crippen MR) is 55.9 cm³/mol. The summed E-state index contributed by atoms with van der Waals surface area (Å²) in [5.74, 6) is 0.670. The molecular weight excluding hydrogens is 216 g/mol. The van der Waals surface area contributed by atoms with Crippen LogP contribution in [0.4, 0.5) is 0 Å². The van der Waals surface area contributed by atoms with Gasteiger partial charge in [-0.05, 0) is 12.1 Å². The smallest absolute Gasteiger partial charge is 0.237 e. The molecule has 5 heteroatoms. The number of alkyl halides is 1. The monoisotopic (exact) mass is 226 g/mol. The van der Waals surface area contributed by atoms with Gasteiger partial charge in [-0.15, -0.1) is 11.6 Å². The second-order valence-corrected chi connectivity index (χ2v) is 3.51. The molecule has 1 aromatic heterocycles. The molecule has 4 nitrogen and oxygen atoms in total. The van der Waals surface area contributed by atoms with Crippen LogP contribution in [0.25, 0.3) is 0 Å². The van der Waals surface area contributed by atoms with Gasteiger partial charge >= 0.3 is 0 Å². The fourth-order valence-electron chi connectivity index (χ4n) is 1.50. The van der Waals surface area contributed by atoms with Crippen molar-refractivity contribution in [2.75, 3.05) is 19.0 Å². The minimum absolute atomic E-state index is 0.00215. The summed E-state index contributed by atoms with van der Waals surface area (Å²) in [6.45, 7) is 1.52. The molecule has 0 saturated heterocycles. The molecule has 0 unspecified atom stereocenters. The topological polar surface area (TPSA) is 42.4 Å². The highest BCUT2D eigenvalue weighted by Crippen LogP contribution is 2.20. The van der Waals surface area contributed by atoms with E-state index < -0.39 is 0 Å². The molecule has 1 aromatic rings. The van der Waals surface area contributed by atoms with Gasteiger partial charge < -0.3 is 9.64 Å². The first-order valence-corrected chi connectivity index (χ1v) is 5.25. The van der Waals surface area contributed by atoms with Crippen molar-refractivity contribution in [2.45, 2.75) is 6.54 Å². The van der Waals surface area contributed by atoms with Crippen molar-refractivity contribution in [2.24, 2.45) is 0 Å². The van der Waals surface area contributed by atoms with Gasteiger partial charge in [0.1, 0.15) is 23.9 Å². The quantitative estimate of drug-likeness (QED) is 0.672. The average Bonchev–Trinajstić information content (AvgIpc) is 2.49. The van der Waals surface area contributed by atoms with E-state index in [4.69, 9.17) is 16.3 Å². The minimum Gasteiger partial charge on any atom is -0.490 e. The van der Waals surface area contributed by atoms with Crippen LogP contribution in [0, 0.1) is 0 Å². The number of halogens is 1. The highest BCUT2D eigenvalue weighted by molar-refractivity contribution is 6.27. The van der Waals surface area contributed by atoms with Gasteiger partial charge in [-0.2, -0.15) is 0 Å². The minimum atomic E-state index is -0.0845. The lowest BCUT2D eigenvalue weighted by atomic mass is 10.3. The lowest BCUT2D eigenvalue weighted by molar-refractivity contribution is -0.129. The Morgan fingerprint density at radius 1 is 1.67 bits per heavy atom. The van der Waals surface area contributed by atoms with E-state index in [0.29, 0.717) is 19.7 Å². The summed E-state index contributed by atoms with van der Waals surface area (Å²) in [6, 6.07) is 3.68. The zero-order valence-electron chi connectivity index (χ0n) is 8.15. The van der Waals surface area contributed by atoms with Crippen LogP contribution in [0.3, 0.4) is 0 Å². The van der Waals surface area contributed by atoms with Crippen LogP contribution in [0.2, 0.25) is 0 Å². The molecule has 15 heavy (non-hydrogen) atoms. The number of carbonyl (C=O) groups is 1. The number of ether oxygens (including phenoxy) is 1. The number of nitrogens with zero attached hydrogens (tertiary/aromatic N) is 2. The Bertz CT molecular complexity index is 370. The van der Waals surface area contributed by atoms with E-state index in [-0.39, 0.29) is 11.8 Å². The van der Waals surface area contributed by atoms with Gasteiger partial charge in [-0.25, -0.2) is 0 Å². The van der Waals surface area contributed by atoms with Gasteiger partial charge in [0.05, 0.1) is 13.1 Å². The number of amides is 1. The molecule has 0 bridgehead atoms. The molecule has 2 heterocycles. The normalized spacial score (nSPS) is 15.1. The Morgan fingerprint density at radius 3 is 3.33 bits per heavy atom. The molecular formula is C10H11ClN2O2. The van der Waals surface area contributed by atoms with Crippen LogP contribution in [0.15, 0.2) is 18.3 Å². The number of fused-ring (bicyclic) bond motifs is 1. The van der Waals surface area contributed by atoms with E-state index in [1.54, 1.807) is 11.1 Å². The molecule has 0 N–H and O–H groups in total. The summed E-state index contributed by atoms with van der Waals surface area (Å²) >= 11 is 5.51. The molecule has 0 atom stereocenters. The van der Waals surface area contributed by atoms with Gasteiger partial charge in [0, 0.05) is 6.20 Å². The molecule has 1 aliphatic rings. The highest BCUT2D eigenvalue weighted by Gasteiger charge is 2.19. The summed E-state index contributed by atoms with van der Waals surface area (Å²) in [5, 5.41) is 0. The van der Waals surface area contributed by atoms with Gasteiger partial charge in [-0.1, -0.05) is 0 Å². The van der Waals surface area contributed by atoms with Crippen LogP contribution in [0.5, 0.6) is 5.75 Å². The van der Waals surface area contributed by atoms with Gasteiger partial charge in [0.15, 0.2) is 0 Å². The molecule has 1 aliphatic heterocycles. The Balaban J connectivity index is 2.21. The standard InChI is InChI=1S/C10H11ClN2O2/c11-6-10(14)13-4-5-15-9-2-1-3-12-8(9)7-13/h1-3H,4-7H2. The molecule has 0 fully saturated rings. The summed E-state index contributed by atoms with van der Waals surface area (Å²) in [5.41, 5.74) is 0.786. The Kier molecular flexibility index (Phi) is 3.06. The van der Waals surface area contributed by atoms with Crippen molar-refractivity contribution in [3.8, 4) is 5.75 Å². The Labute approximate surface area is 92.8 Å². The third-order valence-electron chi connectivity index (χ3n) is 2.27. The zero-order valence-corrected chi connectivity index (χ0v) is 8.91. The van der Waals surface area contributed by atoms with Crippen LogP contribution in [-0.2, 0) is 11.3 Å². The third kappa shape index (κ3) is 2.21.